The molecule has 0 aliphatic carbocycles. The Morgan fingerprint density at radius 2 is 1.94 bits per heavy atom. The van der Waals surface area contributed by atoms with E-state index in [0.717, 1.165) is 6.07 Å². The quantitative estimate of drug-likeness (QED) is 0.847. The van der Waals surface area contributed by atoms with Crippen LogP contribution in [-0.2, 0) is 13.0 Å². The van der Waals surface area contributed by atoms with Gasteiger partial charge in [0.05, 0.1) is 0 Å². The Morgan fingerprint density at radius 1 is 1.17 bits per heavy atom. The molecule has 1 aromatic heterocycles. The van der Waals surface area contributed by atoms with E-state index >= 15 is 0 Å². The first-order valence-corrected chi connectivity index (χ1v) is 5.46. The lowest BCUT2D eigenvalue weighted by molar-refractivity contribution is 0.441. The van der Waals surface area contributed by atoms with Gasteiger partial charge in [0.2, 0.25) is 0 Å². The molecule has 18 heavy (non-hydrogen) atoms. The fraction of sp³-hybridized carbons (Fsp3) is 0.250. The van der Waals surface area contributed by atoms with Crippen LogP contribution in [0.4, 0.5) is 13.2 Å². The van der Waals surface area contributed by atoms with Gasteiger partial charge in [0.25, 0.3) is 0 Å². The molecule has 0 saturated carbocycles. The van der Waals surface area contributed by atoms with Crippen molar-refractivity contribution >= 4 is 0 Å². The SMILES string of the molecule is NCCn1ccnc1Cc1ccc(F)c(F)c1F. The minimum absolute atomic E-state index is 0.0679. The molecule has 1 aromatic carbocycles. The summed E-state index contributed by atoms with van der Waals surface area (Å²) in [4.78, 5) is 4.05. The van der Waals surface area contributed by atoms with Crippen molar-refractivity contribution < 1.29 is 13.2 Å². The van der Waals surface area contributed by atoms with Crippen LogP contribution in [0.2, 0.25) is 0 Å². The molecule has 0 aliphatic heterocycles. The topological polar surface area (TPSA) is 43.8 Å². The maximum atomic E-state index is 13.5. The summed E-state index contributed by atoms with van der Waals surface area (Å²) in [6.07, 6.45) is 3.36. The van der Waals surface area contributed by atoms with E-state index in [0.29, 0.717) is 18.9 Å². The third kappa shape index (κ3) is 2.38. The Morgan fingerprint density at radius 3 is 2.67 bits per heavy atom. The van der Waals surface area contributed by atoms with Crippen LogP contribution in [0.1, 0.15) is 11.4 Å². The zero-order chi connectivity index (χ0) is 13.1. The molecule has 0 aliphatic rings. The van der Waals surface area contributed by atoms with Gasteiger partial charge in [-0.15, -0.1) is 0 Å². The van der Waals surface area contributed by atoms with Crippen LogP contribution in [0.15, 0.2) is 24.5 Å². The maximum Gasteiger partial charge on any atom is 0.194 e. The first kappa shape index (κ1) is 12.6. The number of hydrogen-bond acceptors (Lipinski definition) is 2. The summed E-state index contributed by atoms with van der Waals surface area (Å²) >= 11 is 0. The lowest BCUT2D eigenvalue weighted by Gasteiger charge is -2.07. The molecule has 0 unspecified atom stereocenters. The molecule has 2 aromatic rings. The second-order valence-corrected chi connectivity index (χ2v) is 3.84. The van der Waals surface area contributed by atoms with E-state index in [1.165, 1.54) is 6.07 Å². The van der Waals surface area contributed by atoms with E-state index in [1.807, 2.05) is 0 Å². The van der Waals surface area contributed by atoms with Crippen LogP contribution in [0.25, 0.3) is 0 Å². The van der Waals surface area contributed by atoms with Crippen LogP contribution in [0.3, 0.4) is 0 Å². The zero-order valence-corrected chi connectivity index (χ0v) is 9.54. The molecule has 0 fully saturated rings. The Bertz CT molecular complexity index is 551. The molecule has 0 atom stereocenters. The monoisotopic (exact) mass is 255 g/mol. The van der Waals surface area contributed by atoms with Gasteiger partial charge in [0, 0.05) is 31.9 Å². The standard InChI is InChI=1S/C12H12F3N3/c13-9-2-1-8(11(14)12(9)15)7-10-17-4-6-18(10)5-3-16/h1-2,4,6H,3,5,7,16H2. The van der Waals surface area contributed by atoms with Crippen LogP contribution in [0.5, 0.6) is 0 Å². The Hall–Kier alpha value is -1.82. The summed E-state index contributed by atoms with van der Waals surface area (Å²) in [5.41, 5.74) is 5.49. The van der Waals surface area contributed by atoms with Gasteiger partial charge in [-0.2, -0.15) is 0 Å². The normalized spacial score (nSPS) is 10.9. The maximum absolute atomic E-state index is 13.5. The number of benzene rings is 1. The molecular weight excluding hydrogens is 243 g/mol. The first-order chi connectivity index (χ1) is 8.63. The van der Waals surface area contributed by atoms with Gasteiger partial charge in [-0.1, -0.05) is 6.07 Å². The minimum atomic E-state index is -1.45. The van der Waals surface area contributed by atoms with E-state index in [2.05, 4.69) is 4.98 Å². The van der Waals surface area contributed by atoms with Gasteiger partial charge in [0.1, 0.15) is 5.82 Å². The Balaban J connectivity index is 2.29. The molecule has 0 bridgehead atoms. The molecule has 2 N–H and O–H groups in total. The van der Waals surface area contributed by atoms with Gasteiger partial charge in [-0.3, -0.25) is 0 Å². The molecule has 6 heteroatoms. The van der Waals surface area contributed by atoms with Gasteiger partial charge < -0.3 is 10.3 Å². The smallest absolute Gasteiger partial charge is 0.194 e. The van der Waals surface area contributed by atoms with E-state index in [-0.39, 0.29) is 12.0 Å². The predicted molar refractivity (Wildman–Crippen MR) is 60.4 cm³/mol. The molecule has 1 heterocycles. The first-order valence-electron chi connectivity index (χ1n) is 5.46. The number of halogens is 3. The van der Waals surface area contributed by atoms with Gasteiger partial charge >= 0.3 is 0 Å². The summed E-state index contributed by atoms with van der Waals surface area (Å²) in [6, 6.07) is 2.12. The minimum Gasteiger partial charge on any atom is -0.333 e. The highest BCUT2D eigenvalue weighted by Gasteiger charge is 2.15. The van der Waals surface area contributed by atoms with Crippen LogP contribution < -0.4 is 5.73 Å². The molecule has 0 amide bonds. The second-order valence-electron chi connectivity index (χ2n) is 3.84. The number of nitrogens with two attached hydrogens (primary N) is 1. The van der Waals surface area contributed by atoms with Crippen molar-refractivity contribution in [2.45, 2.75) is 13.0 Å². The fourth-order valence-electron chi connectivity index (χ4n) is 1.72. The average Bonchev–Trinajstić information content (AvgIpc) is 2.78. The molecule has 2 rings (SSSR count). The summed E-state index contributed by atoms with van der Waals surface area (Å²) in [5, 5.41) is 0. The van der Waals surface area contributed by atoms with Gasteiger partial charge in [-0.25, -0.2) is 18.2 Å². The number of nitrogens with zero attached hydrogens (tertiary/aromatic N) is 2. The number of rotatable bonds is 4. The van der Waals surface area contributed by atoms with Crippen molar-refractivity contribution in [2.75, 3.05) is 6.54 Å². The predicted octanol–water partition coefficient (Wildman–Crippen LogP) is 1.85. The zero-order valence-electron chi connectivity index (χ0n) is 9.54. The molecule has 3 nitrogen and oxygen atoms in total. The summed E-state index contributed by atoms with van der Waals surface area (Å²) < 4.78 is 41.1. The highest BCUT2D eigenvalue weighted by molar-refractivity contribution is 5.23. The molecule has 96 valence electrons. The lowest BCUT2D eigenvalue weighted by Crippen LogP contribution is -2.12. The van der Waals surface area contributed by atoms with Crippen LogP contribution in [-0.4, -0.2) is 16.1 Å². The highest BCUT2D eigenvalue weighted by Crippen LogP contribution is 2.17. The fourth-order valence-corrected chi connectivity index (χ4v) is 1.72. The van der Waals surface area contributed by atoms with E-state index in [4.69, 9.17) is 5.73 Å². The van der Waals surface area contributed by atoms with Gasteiger partial charge in [0.15, 0.2) is 17.5 Å². The summed E-state index contributed by atoms with van der Waals surface area (Å²) in [5.74, 6) is -3.26. The van der Waals surface area contributed by atoms with Crippen molar-refractivity contribution in [3.05, 3.63) is 53.4 Å². The number of aromatic nitrogens is 2. The van der Waals surface area contributed by atoms with Crippen molar-refractivity contribution in [3.63, 3.8) is 0 Å². The van der Waals surface area contributed by atoms with E-state index < -0.39 is 17.5 Å². The van der Waals surface area contributed by atoms with E-state index in [1.54, 1.807) is 17.0 Å². The molecule has 0 radical (unpaired) electrons. The average molecular weight is 255 g/mol. The Labute approximate surface area is 102 Å². The summed E-state index contributed by atoms with van der Waals surface area (Å²) in [6.45, 7) is 0.963. The van der Waals surface area contributed by atoms with Crippen molar-refractivity contribution in [1.29, 1.82) is 0 Å². The van der Waals surface area contributed by atoms with Crippen LogP contribution in [0, 0.1) is 17.5 Å². The second kappa shape index (κ2) is 5.22. The number of imidazole rings is 1. The number of hydrogen-bond donors (Lipinski definition) is 1. The third-order valence-corrected chi connectivity index (χ3v) is 2.64. The third-order valence-electron chi connectivity index (χ3n) is 2.64. The summed E-state index contributed by atoms with van der Waals surface area (Å²) in [7, 11) is 0. The Kier molecular flexibility index (Phi) is 3.66. The highest BCUT2D eigenvalue weighted by atomic mass is 19.2. The van der Waals surface area contributed by atoms with Crippen molar-refractivity contribution in [3.8, 4) is 0 Å². The lowest BCUT2D eigenvalue weighted by atomic mass is 10.1. The van der Waals surface area contributed by atoms with Crippen molar-refractivity contribution in [2.24, 2.45) is 5.73 Å². The van der Waals surface area contributed by atoms with Gasteiger partial charge in [-0.05, 0) is 11.6 Å². The van der Waals surface area contributed by atoms with Crippen molar-refractivity contribution in [1.82, 2.24) is 9.55 Å². The molecule has 0 spiro atoms. The molecule has 0 saturated heterocycles. The van der Waals surface area contributed by atoms with Crippen LogP contribution >= 0.6 is 0 Å². The molecular formula is C12H12F3N3. The van der Waals surface area contributed by atoms with E-state index in [9.17, 15) is 13.2 Å². The largest absolute Gasteiger partial charge is 0.333 e.